The van der Waals surface area contributed by atoms with Gasteiger partial charge in [0.2, 0.25) is 0 Å². The van der Waals surface area contributed by atoms with Crippen LogP contribution in [0.25, 0.3) is 0 Å². The molecule has 5 heteroatoms. The van der Waals surface area contributed by atoms with Gasteiger partial charge >= 0.3 is 6.03 Å². The monoisotopic (exact) mass is 270 g/mol. The fraction of sp³-hybridized carbons (Fsp3) is 0.462. The molecule has 0 bridgehead atoms. The fourth-order valence-corrected chi connectivity index (χ4v) is 1.81. The van der Waals surface area contributed by atoms with Gasteiger partial charge in [0.1, 0.15) is 0 Å². The summed E-state index contributed by atoms with van der Waals surface area (Å²) < 4.78 is 0. The van der Waals surface area contributed by atoms with E-state index >= 15 is 0 Å². The Hall–Kier alpha value is -1.26. The predicted octanol–water partition coefficient (Wildman–Crippen LogP) is 2.30. The number of aliphatic hydroxyl groups excluding tert-OH is 1. The number of carbonyl (C=O) groups is 1. The first-order valence-electron chi connectivity index (χ1n) is 6.05. The zero-order chi connectivity index (χ0) is 13.4. The molecular weight excluding hydrogens is 252 g/mol. The van der Waals surface area contributed by atoms with Crippen LogP contribution in [-0.4, -0.2) is 23.8 Å². The van der Waals surface area contributed by atoms with Gasteiger partial charge in [0.15, 0.2) is 0 Å². The Balaban J connectivity index is 2.36. The summed E-state index contributed by atoms with van der Waals surface area (Å²) >= 11 is 5.85. The quantitative estimate of drug-likeness (QED) is 0.743. The average molecular weight is 271 g/mol. The summed E-state index contributed by atoms with van der Waals surface area (Å²) in [5.74, 6) is 0. The minimum absolute atomic E-state index is 0.00867. The molecule has 1 atom stereocenters. The molecule has 18 heavy (non-hydrogen) atoms. The van der Waals surface area contributed by atoms with Crippen molar-refractivity contribution in [2.75, 3.05) is 6.61 Å². The Bertz CT molecular complexity index is 385. The normalized spacial score (nSPS) is 11.9. The van der Waals surface area contributed by atoms with Crippen molar-refractivity contribution < 1.29 is 9.90 Å². The second kappa shape index (κ2) is 7.95. The smallest absolute Gasteiger partial charge is 0.315 e. The SMILES string of the molecule is CCC(CCO)NC(=O)NCc1cccc(Cl)c1. The van der Waals surface area contributed by atoms with Crippen LogP contribution in [0.5, 0.6) is 0 Å². The maximum Gasteiger partial charge on any atom is 0.315 e. The first kappa shape index (κ1) is 14.8. The molecule has 100 valence electrons. The molecule has 3 N–H and O–H groups in total. The van der Waals surface area contributed by atoms with Crippen LogP contribution in [0.15, 0.2) is 24.3 Å². The van der Waals surface area contributed by atoms with Crippen LogP contribution < -0.4 is 10.6 Å². The number of rotatable bonds is 6. The summed E-state index contributed by atoms with van der Waals surface area (Å²) in [7, 11) is 0. The number of carbonyl (C=O) groups excluding carboxylic acids is 1. The largest absolute Gasteiger partial charge is 0.396 e. The zero-order valence-electron chi connectivity index (χ0n) is 10.4. The first-order valence-corrected chi connectivity index (χ1v) is 6.43. The lowest BCUT2D eigenvalue weighted by Crippen LogP contribution is -2.41. The molecule has 0 saturated carbocycles. The van der Waals surface area contributed by atoms with E-state index in [1.165, 1.54) is 0 Å². The molecule has 0 heterocycles. The molecule has 0 saturated heterocycles. The van der Waals surface area contributed by atoms with Gasteiger partial charge in [-0.25, -0.2) is 4.79 Å². The molecular formula is C13H19ClN2O2. The highest BCUT2D eigenvalue weighted by Crippen LogP contribution is 2.10. The summed E-state index contributed by atoms with van der Waals surface area (Å²) in [6, 6.07) is 7.13. The average Bonchev–Trinajstić information content (AvgIpc) is 2.36. The van der Waals surface area contributed by atoms with Gasteiger partial charge in [0.05, 0.1) is 0 Å². The van der Waals surface area contributed by atoms with Crippen LogP contribution in [0, 0.1) is 0 Å². The van der Waals surface area contributed by atoms with E-state index in [1.807, 2.05) is 25.1 Å². The first-order chi connectivity index (χ1) is 8.65. The van der Waals surface area contributed by atoms with Crippen molar-refractivity contribution in [1.29, 1.82) is 0 Å². The van der Waals surface area contributed by atoms with E-state index in [4.69, 9.17) is 16.7 Å². The molecule has 0 aromatic heterocycles. The van der Waals surface area contributed by atoms with Gasteiger partial charge in [-0.2, -0.15) is 0 Å². The van der Waals surface area contributed by atoms with Gasteiger partial charge in [-0.3, -0.25) is 0 Å². The van der Waals surface area contributed by atoms with Crippen molar-refractivity contribution in [3.63, 3.8) is 0 Å². The molecule has 1 rings (SSSR count). The summed E-state index contributed by atoms with van der Waals surface area (Å²) in [6.07, 6.45) is 1.37. The van der Waals surface area contributed by atoms with Crippen molar-refractivity contribution >= 4 is 17.6 Å². The minimum atomic E-state index is -0.227. The fourth-order valence-electron chi connectivity index (χ4n) is 1.60. The Labute approximate surface area is 112 Å². The van der Waals surface area contributed by atoms with Gasteiger partial charge in [0.25, 0.3) is 0 Å². The van der Waals surface area contributed by atoms with Gasteiger partial charge in [-0.15, -0.1) is 0 Å². The number of hydrogen-bond donors (Lipinski definition) is 3. The van der Waals surface area contributed by atoms with Crippen LogP contribution in [-0.2, 0) is 6.54 Å². The lowest BCUT2D eigenvalue weighted by atomic mass is 10.1. The lowest BCUT2D eigenvalue weighted by molar-refractivity contribution is 0.227. The number of urea groups is 1. The van der Waals surface area contributed by atoms with Crippen molar-refractivity contribution in [3.05, 3.63) is 34.9 Å². The van der Waals surface area contributed by atoms with E-state index in [9.17, 15) is 4.79 Å². The van der Waals surface area contributed by atoms with Crippen LogP contribution in [0.1, 0.15) is 25.3 Å². The van der Waals surface area contributed by atoms with Crippen molar-refractivity contribution in [1.82, 2.24) is 10.6 Å². The van der Waals surface area contributed by atoms with E-state index in [0.29, 0.717) is 18.0 Å². The molecule has 0 radical (unpaired) electrons. The summed E-state index contributed by atoms with van der Waals surface area (Å²) in [5.41, 5.74) is 0.952. The summed E-state index contributed by atoms with van der Waals surface area (Å²) in [6.45, 7) is 2.48. The Kier molecular flexibility index (Phi) is 6.54. The Morgan fingerprint density at radius 2 is 2.28 bits per heavy atom. The molecule has 2 amide bonds. The third kappa shape index (κ3) is 5.38. The highest BCUT2D eigenvalue weighted by atomic mass is 35.5. The number of aliphatic hydroxyl groups is 1. The van der Waals surface area contributed by atoms with Gasteiger partial charge < -0.3 is 15.7 Å². The molecule has 1 aromatic carbocycles. The van der Waals surface area contributed by atoms with Gasteiger partial charge in [0, 0.05) is 24.2 Å². The molecule has 0 aliphatic carbocycles. The second-order valence-electron chi connectivity index (χ2n) is 4.07. The molecule has 1 unspecified atom stereocenters. The van der Waals surface area contributed by atoms with Crippen molar-refractivity contribution in [3.8, 4) is 0 Å². The third-order valence-corrected chi connectivity index (χ3v) is 2.88. The van der Waals surface area contributed by atoms with Crippen LogP contribution in [0.4, 0.5) is 4.79 Å². The van der Waals surface area contributed by atoms with Gasteiger partial charge in [-0.1, -0.05) is 30.7 Å². The topological polar surface area (TPSA) is 61.4 Å². The minimum Gasteiger partial charge on any atom is -0.396 e. The van der Waals surface area contributed by atoms with Crippen LogP contribution in [0.2, 0.25) is 5.02 Å². The number of benzene rings is 1. The number of halogens is 1. The third-order valence-electron chi connectivity index (χ3n) is 2.65. The second-order valence-corrected chi connectivity index (χ2v) is 4.51. The van der Waals surface area contributed by atoms with E-state index < -0.39 is 0 Å². The predicted molar refractivity (Wildman–Crippen MR) is 72.6 cm³/mol. The molecule has 0 fully saturated rings. The van der Waals surface area contributed by atoms with Crippen LogP contribution >= 0.6 is 11.6 Å². The highest BCUT2D eigenvalue weighted by Gasteiger charge is 2.09. The molecule has 0 spiro atoms. The van der Waals surface area contributed by atoms with E-state index in [1.54, 1.807) is 6.07 Å². The number of hydrogen-bond acceptors (Lipinski definition) is 2. The van der Waals surface area contributed by atoms with Gasteiger partial charge in [-0.05, 0) is 30.5 Å². The van der Waals surface area contributed by atoms with Crippen molar-refractivity contribution in [2.24, 2.45) is 0 Å². The lowest BCUT2D eigenvalue weighted by Gasteiger charge is -2.16. The highest BCUT2D eigenvalue weighted by molar-refractivity contribution is 6.30. The molecule has 0 aliphatic rings. The molecule has 4 nitrogen and oxygen atoms in total. The number of amides is 2. The Morgan fingerprint density at radius 3 is 2.89 bits per heavy atom. The number of nitrogens with one attached hydrogen (secondary N) is 2. The maximum absolute atomic E-state index is 11.6. The van der Waals surface area contributed by atoms with E-state index in [0.717, 1.165) is 12.0 Å². The van der Waals surface area contributed by atoms with Crippen molar-refractivity contribution in [2.45, 2.75) is 32.4 Å². The maximum atomic E-state index is 11.6. The summed E-state index contributed by atoms with van der Waals surface area (Å²) in [5, 5.41) is 15.1. The van der Waals surface area contributed by atoms with Crippen LogP contribution in [0.3, 0.4) is 0 Å². The summed E-state index contributed by atoms with van der Waals surface area (Å²) in [4.78, 5) is 11.6. The zero-order valence-corrected chi connectivity index (χ0v) is 11.2. The molecule has 0 aliphatic heterocycles. The van der Waals surface area contributed by atoms with E-state index in [2.05, 4.69) is 10.6 Å². The standard InChI is InChI=1S/C13H19ClN2O2/c1-2-12(6-7-17)16-13(18)15-9-10-4-3-5-11(14)8-10/h3-5,8,12,17H,2,6-7,9H2,1H3,(H2,15,16,18). The van der Waals surface area contributed by atoms with E-state index in [-0.39, 0.29) is 18.7 Å². The molecule has 1 aromatic rings. The Morgan fingerprint density at radius 1 is 1.50 bits per heavy atom.